The standard InChI is InChI=1S/C15H21N5O3S/c1-10-7-11(19-23-10)12-5-3-4-6-20(12)8-13(21)16-15-18-17-14(24-15)9-22-2/h7,12H,3-6,8-9H2,1-2H3,(H,16,18,21)/t12-/m0/s1. The van der Waals surface area contributed by atoms with Crippen LogP contribution in [0.5, 0.6) is 0 Å². The fourth-order valence-electron chi connectivity index (χ4n) is 2.89. The number of piperidine rings is 1. The van der Waals surface area contributed by atoms with Crippen molar-refractivity contribution >= 4 is 22.4 Å². The predicted molar refractivity (Wildman–Crippen MR) is 88.7 cm³/mol. The van der Waals surface area contributed by atoms with Gasteiger partial charge in [-0.05, 0) is 26.3 Å². The van der Waals surface area contributed by atoms with Crippen molar-refractivity contribution in [1.29, 1.82) is 0 Å². The van der Waals surface area contributed by atoms with Gasteiger partial charge in [0.05, 0.1) is 12.6 Å². The van der Waals surface area contributed by atoms with Crippen molar-refractivity contribution < 1.29 is 14.1 Å². The summed E-state index contributed by atoms with van der Waals surface area (Å²) in [6, 6.07) is 2.07. The number of methoxy groups -OCH3 is 1. The highest BCUT2D eigenvalue weighted by atomic mass is 32.1. The van der Waals surface area contributed by atoms with E-state index in [1.54, 1.807) is 7.11 Å². The van der Waals surface area contributed by atoms with Crippen molar-refractivity contribution in [1.82, 2.24) is 20.3 Å². The Morgan fingerprint density at radius 3 is 3.12 bits per heavy atom. The van der Waals surface area contributed by atoms with Crippen LogP contribution in [0.4, 0.5) is 5.13 Å². The third-order valence-electron chi connectivity index (χ3n) is 3.93. The lowest BCUT2D eigenvalue weighted by Gasteiger charge is -2.33. The molecule has 24 heavy (non-hydrogen) atoms. The number of anilines is 1. The molecule has 8 nitrogen and oxygen atoms in total. The van der Waals surface area contributed by atoms with Gasteiger partial charge in [-0.2, -0.15) is 0 Å². The van der Waals surface area contributed by atoms with Gasteiger partial charge in [-0.3, -0.25) is 15.0 Å². The lowest BCUT2D eigenvalue weighted by atomic mass is 9.99. The van der Waals surface area contributed by atoms with Gasteiger partial charge in [0, 0.05) is 13.2 Å². The minimum absolute atomic E-state index is 0.0952. The number of hydrogen-bond acceptors (Lipinski definition) is 8. The zero-order chi connectivity index (χ0) is 16.9. The lowest BCUT2D eigenvalue weighted by Crippen LogP contribution is -2.39. The molecule has 1 aliphatic rings. The summed E-state index contributed by atoms with van der Waals surface area (Å²) in [5.41, 5.74) is 0.901. The first-order valence-electron chi connectivity index (χ1n) is 7.94. The second-order valence-corrected chi connectivity index (χ2v) is 6.89. The maximum atomic E-state index is 12.3. The molecule has 3 rings (SSSR count). The number of carbonyl (C=O) groups is 1. The largest absolute Gasteiger partial charge is 0.377 e. The molecule has 9 heteroatoms. The number of nitrogens with zero attached hydrogens (tertiary/aromatic N) is 4. The monoisotopic (exact) mass is 351 g/mol. The molecule has 1 amide bonds. The zero-order valence-corrected chi connectivity index (χ0v) is 14.6. The summed E-state index contributed by atoms with van der Waals surface area (Å²) in [6.07, 6.45) is 3.19. The van der Waals surface area contributed by atoms with Crippen molar-refractivity contribution in [2.45, 2.75) is 38.8 Å². The molecule has 2 aromatic rings. The molecule has 2 aromatic heterocycles. The van der Waals surface area contributed by atoms with E-state index >= 15 is 0 Å². The maximum Gasteiger partial charge on any atom is 0.240 e. The fraction of sp³-hybridized carbons (Fsp3) is 0.600. The SMILES string of the molecule is COCc1nnc(NC(=O)CN2CCCC[C@H]2c2cc(C)on2)s1. The van der Waals surface area contributed by atoms with Crippen LogP contribution < -0.4 is 5.32 Å². The third-order valence-corrected chi connectivity index (χ3v) is 4.74. The van der Waals surface area contributed by atoms with Gasteiger partial charge in [0.25, 0.3) is 0 Å². The molecule has 3 heterocycles. The summed E-state index contributed by atoms with van der Waals surface area (Å²) in [7, 11) is 1.60. The lowest BCUT2D eigenvalue weighted by molar-refractivity contribution is -0.118. The van der Waals surface area contributed by atoms with Gasteiger partial charge in [0.2, 0.25) is 11.0 Å². The van der Waals surface area contributed by atoms with Gasteiger partial charge in [-0.1, -0.05) is 22.9 Å². The normalized spacial score (nSPS) is 18.7. The third kappa shape index (κ3) is 4.16. The van der Waals surface area contributed by atoms with Crippen molar-refractivity contribution in [3.8, 4) is 0 Å². The van der Waals surface area contributed by atoms with Crippen molar-refractivity contribution in [2.75, 3.05) is 25.5 Å². The fourth-order valence-corrected chi connectivity index (χ4v) is 3.62. The van der Waals surface area contributed by atoms with Gasteiger partial charge in [0.15, 0.2) is 0 Å². The summed E-state index contributed by atoms with van der Waals surface area (Å²) in [5, 5.41) is 16.1. The summed E-state index contributed by atoms with van der Waals surface area (Å²) >= 11 is 1.32. The molecular formula is C15H21N5O3S. The van der Waals surface area contributed by atoms with Crippen LogP contribution in [-0.4, -0.2) is 46.4 Å². The Morgan fingerprint density at radius 1 is 1.50 bits per heavy atom. The smallest absolute Gasteiger partial charge is 0.240 e. The number of rotatable bonds is 6. The topological polar surface area (TPSA) is 93.4 Å². The Labute approximate surface area is 144 Å². The van der Waals surface area contributed by atoms with E-state index in [-0.39, 0.29) is 11.9 Å². The first-order valence-corrected chi connectivity index (χ1v) is 8.76. The van der Waals surface area contributed by atoms with Crippen LogP contribution in [0.15, 0.2) is 10.6 Å². The molecule has 1 saturated heterocycles. The average Bonchev–Trinajstić information content (AvgIpc) is 3.17. The predicted octanol–water partition coefficient (Wildman–Crippen LogP) is 2.15. The minimum atomic E-state index is -0.0952. The summed E-state index contributed by atoms with van der Waals surface area (Å²) in [5.74, 6) is 0.696. The van der Waals surface area contributed by atoms with Crippen molar-refractivity contribution in [3.05, 3.63) is 22.5 Å². The van der Waals surface area contributed by atoms with Crippen LogP contribution in [-0.2, 0) is 16.1 Å². The number of amides is 1. The molecule has 1 aliphatic heterocycles. The summed E-state index contributed by atoms with van der Waals surface area (Å²) in [6.45, 7) is 3.45. The number of hydrogen-bond donors (Lipinski definition) is 1. The highest BCUT2D eigenvalue weighted by Crippen LogP contribution is 2.30. The van der Waals surface area contributed by atoms with Crippen LogP contribution in [0.3, 0.4) is 0 Å². The van der Waals surface area contributed by atoms with E-state index in [2.05, 4.69) is 25.6 Å². The molecule has 1 N–H and O–H groups in total. The molecule has 0 unspecified atom stereocenters. The van der Waals surface area contributed by atoms with Crippen LogP contribution in [0, 0.1) is 6.92 Å². The van der Waals surface area contributed by atoms with Gasteiger partial charge < -0.3 is 9.26 Å². The van der Waals surface area contributed by atoms with E-state index in [0.29, 0.717) is 18.3 Å². The number of carbonyl (C=O) groups excluding carboxylic acids is 1. The van der Waals surface area contributed by atoms with Crippen LogP contribution in [0.1, 0.15) is 41.8 Å². The van der Waals surface area contributed by atoms with Gasteiger partial charge in [0.1, 0.15) is 23.1 Å². The minimum Gasteiger partial charge on any atom is -0.377 e. The molecule has 0 radical (unpaired) electrons. The molecule has 0 aromatic carbocycles. The molecule has 130 valence electrons. The Bertz CT molecular complexity index is 686. The highest BCUT2D eigenvalue weighted by Gasteiger charge is 2.28. The number of likely N-dealkylation sites (tertiary alicyclic amines) is 1. The van der Waals surface area contributed by atoms with Crippen LogP contribution in [0.2, 0.25) is 0 Å². The van der Waals surface area contributed by atoms with E-state index in [9.17, 15) is 4.79 Å². The first-order chi connectivity index (χ1) is 11.7. The van der Waals surface area contributed by atoms with Gasteiger partial charge >= 0.3 is 0 Å². The number of aromatic nitrogens is 3. The molecule has 0 saturated carbocycles. The molecular weight excluding hydrogens is 330 g/mol. The maximum absolute atomic E-state index is 12.3. The second kappa shape index (κ2) is 7.82. The average molecular weight is 351 g/mol. The molecule has 0 bridgehead atoms. The van der Waals surface area contributed by atoms with Crippen LogP contribution >= 0.6 is 11.3 Å². The second-order valence-electron chi connectivity index (χ2n) is 5.83. The van der Waals surface area contributed by atoms with E-state index in [1.165, 1.54) is 11.3 Å². The number of ether oxygens (including phenoxy) is 1. The van der Waals surface area contributed by atoms with E-state index in [4.69, 9.17) is 9.26 Å². The Hall–Kier alpha value is -1.84. The Morgan fingerprint density at radius 2 is 2.38 bits per heavy atom. The molecule has 0 aliphatic carbocycles. The van der Waals surface area contributed by atoms with E-state index in [0.717, 1.165) is 42.3 Å². The van der Waals surface area contributed by atoms with Crippen molar-refractivity contribution in [3.63, 3.8) is 0 Å². The quantitative estimate of drug-likeness (QED) is 0.852. The van der Waals surface area contributed by atoms with Gasteiger partial charge in [-0.15, -0.1) is 10.2 Å². The van der Waals surface area contributed by atoms with E-state index in [1.807, 2.05) is 13.0 Å². The van der Waals surface area contributed by atoms with Gasteiger partial charge in [-0.25, -0.2) is 0 Å². The van der Waals surface area contributed by atoms with Crippen molar-refractivity contribution in [2.24, 2.45) is 0 Å². The highest BCUT2D eigenvalue weighted by molar-refractivity contribution is 7.15. The Balaban J connectivity index is 1.60. The Kier molecular flexibility index (Phi) is 5.54. The summed E-state index contributed by atoms with van der Waals surface area (Å²) in [4.78, 5) is 14.5. The molecule has 1 atom stereocenters. The van der Waals surface area contributed by atoms with E-state index < -0.39 is 0 Å². The number of aryl methyl sites for hydroxylation is 1. The summed E-state index contributed by atoms with van der Waals surface area (Å²) < 4.78 is 10.2. The number of nitrogens with one attached hydrogen (secondary N) is 1. The molecule has 0 spiro atoms. The first kappa shape index (κ1) is 17.0. The van der Waals surface area contributed by atoms with Crippen LogP contribution in [0.25, 0.3) is 0 Å². The zero-order valence-electron chi connectivity index (χ0n) is 13.8. The molecule has 1 fully saturated rings.